The molecule has 4 heterocycles. The highest BCUT2D eigenvalue weighted by molar-refractivity contribution is 6.30. The van der Waals surface area contributed by atoms with Gasteiger partial charge in [0.15, 0.2) is 0 Å². The SMILES string of the molecule is CC[C@]12C=CCN(C)C(=O)[C@H]1[C@H]1C(=O)N(CCCCCO)C3C(=O)N(c4ccc(Cl)cc4)CC=C[C@@]31O2. The Bertz CT molecular complexity index is 1140. The zero-order valence-corrected chi connectivity index (χ0v) is 22.1. The van der Waals surface area contributed by atoms with Crippen LogP contribution in [0.25, 0.3) is 0 Å². The summed E-state index contributed by atoms with van der Waals surface area (Å²) in [6, 6.07) is 6.15. The Morgan fingerprint density at radius 1 is 0.973 bits per heavy atom. The van der Waals surface area contributed by atoms with Gasteiger partial charge < -0.3 is 24.5 Å². The summed E-state index contributed by atoms with van der Waals surface area (Å²) in [4.78, 5) is 47.2. The van der Waals surface area contributed by atoms with E-state index >= 15 is 0 Å². The van der Waals surface area contributed by atoms with Crippen LogP contribution in [-0.2, 0) is 19.1 Å². The number of fused-ring (bicyclic) bond motifs is 2. The lowest BCUT2D eigenvalue weighted by Gasteiger charge is -2.38. The van der Waals surface area contributed by atoms with Crippen LogP contribution in [0.5, 0.6) is 0 Å². The molecule has 4 aliphatic heterocycles. The van der Waals surface area contributed by atoms with Crippen molar-refractivity contribution in [2.45, 2.75) is 49.9 Å². The molecule has 9 heteroatoms. The molecule has 1 aromatic carbocycles. The van der Waals surface area contributed by atoms with Gasteiger partial charge in [-0.3, -0.25) is 14.4 Å². The summed E-state index contributed by atoms with van der Waals surface area (Å²) < 4.78 is 6.91. The van der Waals surface area contributed by atoms with Crippen molar-refractivity contribution in [2.24, 2.45) is 11.8 Å². The first-order valence-corrected chi connectivity index (χ1v) is 13.5. The molecule has 2 fully saturated rings. The fraction of sp³-hybridized carbons (Fsp3) is 0.536. The van der Waals surface area contributed by atoms with Crippen LogP contribution in [0, 0.1) is 11.8 Å². The van der Waals surface area contributed by atoms with Gasteiger partial charge in [0.1, 0.15) is 11.6 Å². The van der Waals surface area contributed by atoms with Gasteiger partial charge in [-0.25, -0.2) is 0 Å². The van der Waals surface area contributed by atoms with Gasteiger partial charge in [0, 0.05) is 44.0 Å². The second-order valence-corrected chi connectivity index (χ2v) is 10.8. The van der Waals surface area contributed by atoms with E-state index in [1.165, 1.54) is 0 Å². The molecule has 2 saturated heterocycles. The number of carbonyl (C=O) groups excluding carboxylic acids is 3. The van der Waals surface area contributed by atoms with Crippen LogP contribution in [0.1, 0.15) is 32.6 Å². The molecule has 3 amide bonds. The number of nitrogens with zero attached hydrogens (tertiary/aromatic N) is 3. The Kier molecular flexibility index (Phi) is 6.94. The third-order valence-corrected chi connectivity index (χ3v) is 8.59. The largest absolute Gasteiger partial charge is 0.396 e. The van der Waals surface area contributed by atoms with Crippen molar-refractivity contribution >= 4 is 35.0 Å². The summed E-state index contributed by atoms with van der Waals surface area (Å²) in [6.07, 6.45) is 10.1. The van der Waals surface area contributed by atoms with E-state index in [0.717, 1.165) is 6.42 Å². The number of likely N-dealkylation sites (tertiary alicyclic amines) is 1. The van der Waals surface area contributed by atoms with E-state index in [4.69, 9.17) is 16.3 Å². The van der Waals surface area contributed by atoms with E-state index in [-0.39, 0.29) is 24.3 Å². The van der Waals surface area contributed by atoms with Gasteiger partial charge in [-0.2, -0.15) is 0 Å². The molecule has 1 unspecified atom stereocenters. The maximum atomic E-state index is 14.3. The average Bonchev–Trinajstić information content (AvgIpc) is 3.18. The van der Waals surface area contributed by atoms with E-state index < -0.39 is 29.1 Å². The molecular weight excluding hydrogens is 494 g/mol. The molecule has 0 aliphatic carbocycles. The standard InChI is InChI=1S/C28H34ClN3O5/c1-3-27-13-7-15-30(2)24(34)21(27)22-25(35)32(16-5-4-6-18-33)23-26(36)31(17-8-14-28(22,23)37-27)20-11-9-19(29)10-12-20/h7-14,21-23,33H,3-6,15-18H2,1-2H3/t21-,22+,23?,27+,28+/m1/s1. The first kappa shape index (κ1) is 25.9. The van der Waals surface area contributed by atoms with Gasteiger partial charge in [-0.15, -0.1) is 0 Å². The molecule has 0 saturated carbocycles. The molecule has 0 bridgehead atoms. The second kappa shape index (κ2) is 9.89. The van der Waals surface area contributed by atoms with Crippen LogP contribution >= 0.6 is 11.6 Å². The zero-order valence-electron chi connectivity index (χ0n) is 21.3. The highest BCUT2D eigenvalue weighted by Crippen LogP contribution is 2.58. The molecular formula is C28H34ClN3O5. The van der Waals surface area contributed by atoms with Gasteiger partial charge in [-0.05, 0) is 49.9 Å². The minimum Gasteiger partial charge on any atom is -0.396 e. The molecule has 198 valence electrons. The van der Waals surface area contributed by atoms with Crippen molar-refractivity contribution in [3.8, 4) is 0 Å². The van der Waals surface area contributed by atoms with Crippen LogP contribution in [-0.4, -0.2) is 83.2 Å². The molecule has 0 aromatic heterocycles. The predicted molar refractivity (Wildman–Crippen MR) is 140 cm³/mol. The number of hydrogen-bond acceptors (Lipinski definition) is 5. The second-order valence-electron chi connectivity index (χ2n) is 10.4. The third kappa shape index (κ3) is 4.01. The quantitative estimate of drug-likeness (QED) is 0.435. The van der Waals surface area contributed by atoms with Crippen LogP contribution < -0.4 is 4.90 Å². The molecule has 4 aliphatic rings. The monoisotopic (exact) mass is 527 g/mol. The number of aliphatic hydroxyl groups excluding tert-OH is 1. The molecule has 1 aromatic rings. The molecule has 5 atom stereocenters. The Morgan fingerprint density at radius 3 is 2.41 bits per heavy atom. The van der Waals surface area contributed by atoms with E-state index in [2.05, 4.69) is 0 Å². The summed E-state index contributed by atoms with van der Waals surface area (Å²) in [5, 5.41) is 9.79. The Morgan fingerprint density at radius 2 is 1.70 bits per heavy atom. The minimum atomic E-state index is -1.26. The lowest BCUT2D eigenvalue weighted by atomic mass is 9.73. The van der Waals surface area contributed by atoms with Gasteiger partial charge >= 0.3 is 0 Å². The normalized spacial score (nSPS) is 32.9. The van der Waals surface area contributed by atoms with Crippen molar-refractivity contribution in [2.75, 3.05) is 38.2 Å². The summed E-state index contributed by atoms with van der Waals surface area (Å²) in [7, 11) is 1.74. The van der Waals surface area contributed by atoms with E-state index in [9.17, 15) is 19.5 Å². The van der Waals surface area contributed by atoms with Crippen molar-refractivity contribution in [1.29, 1.82) is 0 Å². The molecule has 0 radical (unpaired) electrons. The number of anilines is 1. The number of likely N-dealkylation sites (N-methyl/N-ethyl adjacent to an activating group) is 1. The van der Waals surface area contributed by atoms with Crippen LogP contribution in [0.4, 0.5) is 5.69 Å². The van der Waals surface area contributed by atoms with E-state index in [1.807, 2.05) is 31.2 Å². The molecule has 8 nitrogen and oxygen atoms in total. The summed E-state index contributed by atoms with van der Waals surface area (Å²) >= 11 is 6.10. The van der Waals surface area contributed by atoms with Crippen LogP contribution in [0.3, 0.4) is 0 Å². The topological polar surface area (TPSA) is 90.4 Å². The summed E-state index contributed by atoms with van der Waals surface area (Å²) in [5.41, 5.74) is -1.55. The Labute approximate surface area is 222 Å². The maximum absolute atomic E-state index is 14.3. The number of benzene rings is 1. The number of aliphatic hydroxyl groups is 1. The number of halogens is 1. The van der Waals surface area contributed by atoms with E-state index in [1.54, 1.807) is 46.0 Å². The molecule has 1 spiro atoms. The number of carbonyl (C=O) groups is 3. The highest BCUT2D eigenvalue weighted by Gasteiger charge is 2.75. The van der Waals surface area contributed by atoms with Gasteiger partial charge in [0.25, 0.3) is 5.91 Å². The Balaban J connectivity index is 1.61. The molecule has 37 heavy (non-hydrogen) atoms. The number of unbranched alkanes of at least 4 members (excludes halogenated alkanes) is 2. The lowest BCUT2D eigenvalue weighted by Crippen LogP contribution is -2.56. The van der Waals surface area contributed by atoms with Crippen molar-refractivity contribution < 1.29 is 24.2 Å². The Hall–Kier alpha value is -2.68. The van der Waals surface area contributed by atoms with Gasteiger partial charge in [-0.1, -0.05) is 42.8 Å². The summed E-state index contributed by atoms with van der Waals surface area (Å²) in [6.45, 7) is 3.15. The number of rotatable bonds is 7. The number of amides is 3. The fourth-order valence-corrected chi connectivity index (χ4v) is 6.67. The first-order chi connectivity index (χ1) is 17.8. The lowest BCUT2D eigenvalue weighted by molar-refractivity contribution is -0.149. The zero-order chi connectivity index (χ0) is 26.4. The molecule has 5 rings (SSSR count). The predicted octanol–water partition coefficient (Wildman–Crippen LogP) is 2.79. The fourth-order valence-electron chi connectivity index (χ4n) is 6.55. The summed E-state index contributed by atoms with van der Waals surface area (Å²) in [5.74, 6) is -2.13. The minimum absolute atomic E-state index is 0.0767. The average molecular weight is 528 g/mol. The van der Waals surface area contributed by atoms with Crippen molar-refractivity contribution in [3.63, 3.8) is 0 Å². The highest BCUT2D eigenvalue weighted by atomic mass is 35.5. The van der Waals surface area contributed by atoms with Crippen molar-refractivity contribution in [1.82, 2.24) is 9.80 Å². The van der Waals surface area contributed by atoms with Crippen LogP contribution in [0.15, 0.2) is 48.6 Å². The molecule has 1 N–H and O–H groups in total. The maximum Gasteiger partial charge on any atom is 0.253 e. The first-order valence-electron chi connectivity index (χ1n) is 13.1. The van der Waals surface area contributed by atoms with Gasteiger partial charge in [0.05, 0.1) is 17.4 Å². The number of hydrogen-bond donors (Lipinski definition) is 1. The van der Waals surface area contributed by atoms with E-state index in [0.29, 0.717) is 49.6 Å². The third-order valence-electron chi connectivity index (χ3n) is 8.34. The van der Waals surface area contributed by atoms with Crippen LogP contribution in [0.2, 0.25) is 5.02 Å². The van der Waals surface area contributed by atoms with Gasteiger partial charge in [0.2, 0.25) is 11.8 Å². The van der Waals surface area contributed by atoms with Crippen molar-refractivity contribution in [3.05, 3.63) is 53.6 Å². The number of ether oxygens (including phenoxy) is 1. The smallest absolute Gasteiger partial charge is 0.253 e.